The van der Waals surface area contributed by atoms with Crippen LogP contribution >= 0.6 is 10.7 Å². The van der Waals surface area contributed by atoms with Crippen molar-refractivity contribution in [3.63, 3.8) is 0 Å². The highest BCUT2D eigenvalue weighted by atomic mass is 35.7. The van der Waals surface area contributed by atoms with Gasteiger partial charge in [-0.2, -0.15) is 16.8 Å². The number of aromatic nitrogens is 2. The Morgan fingerprint density at radius 2 is 0.859 bits per heavy atom. The molecule has 0 saturated carbocycles. The molecule has 2 amide bonds. The Labute approximate surface area is 534 Å². The van der Waals surface area contributed by atoms with E-state index < -0.39 is 47.1 Å². The fourth-order valence-corrected chi connectivity index (χ4v) is 13.2. The normalized spacial score (nSPS) is 12.9. The van der Waals surface area contributed by atoms with Crippen LogP contribution in [0.1, 0.15) is 76.9 Å². The van der Waals surface area contributed by atoms with Crippen molar-refractivity contribution in [2.45, 2.75) is 67.7 Å². The van der Waals surface area contributed by atoms with E-state index in [1.54, 1.807) is 96.0 Å². The fourth-order valence-electron chi connectivity index (χ4n) is 10.5. The summed E-state index contributed by atoms with van der Waals surface area (Å²) in [5, 5.41) is 11.5. The first-order chi connectivity index (χ1) is 44.0. The average Bonchev–Trinajstić information content (AvgIpc) is 1.51. The average molecular weight is 1310 g/mol. The summed E-state index contributed by atoms with van der Waals surface area (Å²) in [4.78, 5) is 39.4. The smallest absolute Gasteiger partial charge is 0.339 e. The minimum atomic E-state index is -4.30. The van der Waals surface area contributed by atoms with Gasteiger partial charge in [-0.25, -0.2) is 17.2 Å². The van der Waals surface area contributed by atoms with Gasteiger partial charge >= 0.3 is 20.2 Å². The third-order valence-electron chi connectivity index (χ3n) is 15.2. The van der Waals surface area contributed by atoms with E-state index in [1.165, 1.54) is 71.8 Å². The number of nitrogens with zero attached hydrogens (tertiary/aromatic N) is 4. The Bertz CT molecular complexity index is 4910. The van der Waals surface area contributed by atoms with Gasteiger partial charge < -0.3 is 28.0 Å². The number of aromatic hydroxyl groups is 1. The third kappa shape index (κ3) is 13.8. The summed E-state index contributed by atoms with van der Waals surface area (Å²) in [5.74, 6) is -1.81. The largest absolute Gasteiger partial charge is 0.505 e. The highest BCUT2D eigenvalue weighted by molar-refractivity contribution is 8.13. The van der Waals surface area contributed by atoms with Gasteiger partial charge in [0.05, 0.1) is 29.1 Å². The van der Waals surface area contributed by atoms with Crippen LogP contribution in [0, 0.1) is 32.4 Å². The molecule has 92 heavy (non-hydrogen) atoms. The Balaban J connectivity index is 0.000000167. The molecule has 0 aliphatic carbocycles. The van der Waals surface area contributed by atoms with E-state index in [0.29, 0.717) is 22.1 Å². The summed E-state index contributed by atoms with van der Waals surface area (Å²) in [6, 6.07) is 56.4. The van der Waals surface area contributed by atoms with Crippen molar-refractivity contribution < 1.29 is 61.8 Å². The van der Waals surface area contributed by atoms with Crippen molar-refractivity contribution in [2.75, 3.05) is 0 Å². The lowest BCUT2D eigenvalue weighted by molar-refractivity contribution is 0.0756. The first kappa shape index (κ1) is 63.5. The lowest BCUT2D eigenvalue weighted by atomic mass is 9.99. The monoisotopic (exact) mass is 1310 g/mol. The first-order valence-corrected chi connectivity index (χ1v) is 33.6. The first-order valence-electron chi connectivity index (χ1n) is 28.5. The molecule has 4 heterocycles. The second kappa shape index (κ2) is 26.4. The van der Waals surface area contributed by atoms with Crippen molar-refractivity contribution in [3.05, 3.63) is 291 Å². The van der Waals surface area contributed by atoms with Gasteiger partial charge in [0.2, 0.25) is 0 Å². The number of aryl methyl sites for hydroxylation is 3. The maximum atomic E-state index is 14.4. The second-order valence-corrected chi connectivity index (χ2v) is 27.3. The van der Waals surface area contributed by atoms with Crippen molar-refractivity contribution in [2.24, 2.45) is 0 Å². The molecule has 13 rings (SSSR count). The predicted octanol–water partition coefficient (Wildman–Crippen LogP) is 14.0. The number of hydrogen-bond donors (Lipinski definition) is 1. The van der Waals surface area contributed by atoms with Crippen LogP contribution < -0.4 is 13.1 Å². The molecule has 0 fully saturated rings. The Morgan fingerprint density at radius 1 is 0.478 bits per heavy atom. The van der Waals surface area contributed by atoms with Crippen LogP contribution in [0.4, 0.5) is 8.78 Å². The van der Waals surface area contributed by atoms with Crippen LogP contribution in [0.25, 0.3) is 21.8 Å². The number of halogens is 3. The molecule has 2 aliphatic rings. The molecule has 0 atom stereocenters. The maximum Gasteiger partial charge on any atom is 0.339 e. The van der Waals surface area contributed by atoms with Crippen LogP contribution in [0.15, 0.2) is 233 Å². The van der Waals surface area contributed by atoms with Crippen LogP contribution in [-0.2, 0) is 55.5 Å². The number of amides is 2. The van der Waals surface area contributed by atoms with Gasteiger partial charge in [-0.15, -0.1) is 0 Å². The second-order valence-electron chi connectivity index (χ2n) is 21.7. The van der Waals surface area contributed by atoms with Gasteiger partial charge in [-0.1, -0.05) is 138 Å². The number of rotatable bonds is 15. The molecule has 9 aromatic carbocycles. The van der Waals surface area contributed by atoms with Crippen molar-refractivity contribution in [1.29, 1.82) is 0 Å². The minimum Gasteiger partial charge on any atom is -0.505 e. The zero-order chi connectivity index (χ0) is 65.1. The van der Waals surface area contributed by atoms with E-state index in [4.69, 9.17) is 23.8 Å². The number of fused-ring (bicyclic) bond motifs is 4. The topological polar surface area (TPSA) is 217 Å². The van der Waals surface area contributed by atoms with Crippen LogP contribution in [0.2, 0.25) is 0 Å². The highest BCUT2D eigenvalue weighted by Gasteiger charge is 2.40. The van der Waals surface area contributed by atoms with Gasteiger partial charge in [0.25, 0.3) is 20.9 Å². The Morgan fingerprint density at radius 3 is 1.28 bits per heavy atom. The number of ether oxygens (including phenoxy) is 1. The summed E-state index contributed by atoms with van der Waals surface area (Å²) in [5.41, 5.74) is 6.97. The molecule has 2 aliphatic heterocycles. The Kier molecular flexibility index (Phi) is 18.2. The van der Waals surface area contributed by atoms with Crippen molar-refractivity contribution in [3.8, 4) is 23.0 Å². The summed E-state index contributed by atoms with van der Waals surface area (Å²) < 4.78 is 120. The molecule has 0 saturated heterocycles. The van der Waals surface area contributed by atoms with Crippen molar-refractivity contribution >= 4 is 73.6 Å². The molecule has 0 bridgehead atoms. The molecule has 11 aromatic rings. The van der Waals surface area contributed by atoms with Gasteiger partial charge in [0.15, 0.2) is 23.0 Å². The standard InChI is InChI=1S/C38H29FN2O5S.C25H19FN2O5S.C7H7ClO2S/c1-25-14-20-30(21-15-25)47(43,44)46-36-31-13-8-22-40-34(31)37(45-35(27-9-4-2-5-10-27)28-11-6-3-7-12-28)33-32(36)24-41(38(33)42)23-26-16-18-29(39)19-17-26;1-15-4-10-18(11-5-15)34(31,32)33-24-19-3-2-12-27-22(19)23(29)21-20(24)14-28(25(21)30)13-16-6-8-17(26)9-7-16;1-6-2-4-7(5-3-6)11(8,9)10/h2-22,35H,23-24H2,1H3;2-12,29H,13-14H2,1H3;2-5H,1H3. The van der Waals surface area contributed by atoms with Gasteiger partial charge in [0, 0.05) is 58.1 Å². The SMILES string of the molecule is Cc1ccc(S(=O)(=O)Cl)cc1.Cc1ccc(S(=O)(=O)Oc2c3c(c(O)c4ncccc24)C(=O)N(Cc2ccc(F)cc2)C3)cc1.Cc1ccc(S(=O)(=O)Oc2c3c(c(OC(c4ccccc4)c4ccccc4)c4ncccc24)C(=O)N(Cc2ccc(F)cc2)C3)cc1. The molecule has 16 nitrogen and oxygen atoms in total. The number of hydrogen-bond acceptors (Lipinski definition) is 14. The van der Waals surface area contributed by atoms with E-state index in [1.807, 2.05) is 81.4 Å². The zero-order valence-corrected chi connectivity index (χ0v) is 52.5. The van der Waals surface area contributed by atoms with Crippen LogP contribution in [0.5, 0.6) is 23.0 Å². The van der Waals surface area contributed by atoms with E-state index >= 15 is 0 Å². The number of carbonyl (C=O) groups is 2. The van der Waals surface area contributed by atoms with Crippen molar-refractivity contribution in [1.82, 2.24) is 19.8 Å². The molecule has 22 heteroatoms. The molecular formula is C70H55ClF2N4O12S3. The quantitative estimate of drug-likeness (QED) is 0.0746. The molecule has 2 aromatic heterocycles. The van der Waals surface area contributed by atoms with Gasteiger partial charge in [0.1, 0.15) is 38.6 Å². The summed E-state index contributed by atoms with van der Waals surface area (Å²) in [7, 11) is -7.00. The van der Waals surface area contributed by atoms with Crippen LogP contribution in [-0.4, -0.2) is 61.9 Å². The third-order valence-corrected chi connectivity index (χ3v) is 19.0. The summed E-state index contributed by atoms with van der Waals surface area (Å²) >= 11 is 0. The summed E-state index contributed by atoms with van der Waals surface area (Å²) in [6.45, 7) is 5.91. The molecular weight excluding hydrogens is 1260 g/mol. The van der Waals surface area contributed by atoms with E-state index in [0.717, 1.165) is 27.8 Å². The molecule has 0 radical (unpaired) electrons. The highest BCUT2D eigenvalue weighted by Crippen LogP contribution is 2.48. The zero-order valence-electron chi connectivity index (χ0n) is 49.3. The van der Waals surface area contributed by atoms with Gasteiger partial charge in [-0.3, -0.25) is 19.6 Å². The lowest BCUT2D eigenvalue weighted by Gasteiger charge is -2.23. The number of phenols is 1. The maximum absolute atomic E-state index is 14.4. The van der Waals surface area contributed by atoms with E-state index in [2.05, 4.69) is 9.97 Å². The molecule has 1 N–H and O–H groups in total. The van der Waals surface area contributed by atoms with Crippen LogP contribution in [0.3, 0.4) is 0 Å². The predicted molar refractivity (Wildman–Crippen MR) is 343 cm³/mol. The minimum absolute atomic E-state index is 0.00267. The lowest BCUT2D eigenvalue weighted by Crippen LogP contribution is -2.23. The molecule has 466 valence electrons. The van der Waals surface area contributed by atoms with E-state index in [-0.39, 0.29) is 109 Å². The number of benzene rings is 9. The number of phenolic OH excluding ortho intramolecular Hbond substituents is 1. The molecule has 0 unspecified atom stereocenters. The number of pyridine rings is 2. The van der Waals surface area contributed by atoms with Gasteiger partial charge in [-0.05, 0) is 128 Å². The Hall–Kier alpha value is -10.1. The van der Waals surface area contributed by atoms with E-state index in [9.17, 15) is 48.7 Å². The fraction of sp³-hybridized carbons (Fsp3) is 0.114. The molecule has 0 spiro atoms. The number of carbonyl (C=O) groups excluding carboxylic acids is 2. The summed E-state index contributed by atoms with van der Waals surface area (Å²) in [6.07, 6.45) is 2.38.